The van der Waals surface area contributed by atoms with Crippen LogP contribution in [0.1, 0.15) is 6.92 Å². The first-order valence-corrected chi connectivity index (χ1v) is 8.37. The molecular formula is C14H22N2O4S. The van der Waals surface area contributed by atoms with Gasteiger partial charge in [-0.2, -0.15) is 4.31 Å². The number of hydrogen-bond donors (Lipinski definition) is 1. The molecule has 0 aromatic heterocycles. The van der Waals surface area contributed by atoms with Crippen molar-refractivity contribution in [3.63, 3.8) is 0 Å². The van der Waals surface area contributed by atoms with Crippen LogP contribution in [0.3, 0.4) is 0 Å². The van der Waals surface area contributed by atoms with Gasteiger partial charge in [0.1, 0.15) is 4.90 Å². The van der Waals surface area contributed by atoms with E-state index in [1.165, 1.54) is 4.31 Å². The normalized spacial score (nSPS) is 23.4. The maximum absolute atomic E-state index is 12.8. The highest BCUT2D eigenvalue weighted by Gasteiger charge is 2.40. The number of benzene rings is 1. The Hall–Kier alpha value is -1.15. The van der Waals surface area contributed by atoms with Crippen molar-refractivity contribution in [1.82, 2.24) is 4.31 Å². The molecule has 1 N–H and O–H groups in total. The lowest BCUT2D eigenvalue weighted by molar-refractivity contribution is -0.00461. The fourth-order valence-corrected chi connectivity index (χ4v) is 4.16. The Kier molecular flexibility index (Phi) is 5.21. The van der Waals surface area contributed by atoms with Crippen molar-refractivity contribution in [2.75, 3.05) is 39.2 Å². The van der Waals surface area contributed by atoms with E-state index >= 15 is 0 Å². The fraction of sp³-hybridized carbons (Fsp3) is 0.571. The third-order valence-electron chi connectivity index (χ3n) is 3.66. The van der Waals surface area contributed by atoms with Crippen LogP contribution >= 0.6 is 0 Å². The number of para-hydroxylation sites is 1. The van der Waals surface area contributed by atoms with Crippen LogP contribution in [0.25, 0.3) is 0 Å². The van der Waals surface area contributed by atoms with Gasteiger partial charge in [-0.15, -0.1) is 0 Å². The first-order valence-electron chi connectivity index (χ1n) is 6.93. The van der Waals surface area contributed by atoms with Crippen molar-refractivity contribution in [3.8, 4) is 0 Å². The molecular weight excluding hydrogens is 292 g/mol. The summed E-state index contributed by atoms with van der Waals surface area (Å²) in [6.07, 6.45) is -0.479. The number of nitrogens with zero attached hydrogens (tertiary/aromatic N) is 1. The molecule has 0 amide bonds. The molecule has 1 aromatic carbocycles. The molecule has 0 radical (unpaired) electrons. The van der Waals surface area contributed by atoms with E-state index in [4.69, 9.17) is 9.47 Å². The van der Waals surface area contributed by atoms with Gasteiger partial charge in [-0.05, 0) is 19.1 Å². The topological polar surface area (TPSA) is 67.9 Å². The van der Waals surface area contributed by atoms with Crippen LogP contribution in [-0.2, 0) is 19.5 Å². The SMILES string of the molecule is CCNc1ccccc1S(=O)(=O)N1CC(OC)C(OC)C1. The van der Waals surface area contributed by atoms with E-state index in [9.17, 15) is 8.42 Å². The van der Waals surface area contributed by atoms with Crippen LogP contribution in [0.5, 0.6) is 0 Å². The van der Waals surface area contributed by atoms with Gasteiger partial charge in [-0.25, -0.2) is 8.42 Å². The molecule has 2 atom stereocenters. The van der Waals surface area contributed by atoms with Crippen molar-refractivity contribution < 1.29 is 17.9 Å². The maximum atomic E-state index is 12.8. The molecule has 7 heteroatoms. The molecule has 21 heavy (non-hydrogen) atoms. The Morgan fingerprint density at radius 2 is 1.76 bits per heavy atom. The molecule has 0 saturated carbocycles. The third kappa shape index (κ3) is 3.21. The molecule has 2 unspecified atom stereocenters. The molecule has 6 nitrogen and oxygen atoms in total. The van der Waals surface area contributed by atoms with E-state index in [1.54, 1.807) is 32.4 Å². The quantitative estimate of drug-likeness (QED) is 0.853. The zero-order valence-electron chi connectivity index (χ0n) is 12.6. The number of methoxy groups -OCH3 is 2. The maximum Gasteiger partial charge on any atom is 0.245 e. The Morgan fingerprint density at radius 1 is 1.19 bits per heavy atom. The van der Waals surface area contributed by atoms with Crippen molar-refractivity contribution in [2.24, 2.45) is 0 Å². The minimum atomic E-state index is -3.57. The minimum absolute atomic E-state index is 0.240. The molecule has 2 rings (SSSR count). The van der Waals surface area contributed by atoms with Crippen molar-refractivity contribution in [3.05, 3.63) is 24.3 Å². The molecule has 1 aromatic rings. The van der Waals surface area contributed by atoms with Crippen LogP contribution < -0.4 is 5.32 Å². The second-order valence-corrected chi connectivity index (χ2v) is 6.80. The van der Waals surface area contributed by atoms with E-state index in [0.29, 0.717) is 30.2 Å². The summed E-state index contributed by atoms with van der Waals surface area (Å²) in [5.41, 5.74) is 0.620. The number of ether oxygens (including phenoxy) is 2. The number of sulfonamides is 1. The summed E-state index contributed by atoms with van der Waals surface area (Å²) in [4.78, 5) is 0.290. The van der Waals surface area contributed by atoms with Gasteiger partial charge in [0.05, 0.1) is 17.9 Å². The minimum Gasteiger partial charge on any atom is -0.384 e. The molecule has 1 aliphatic heterocycles. The molecule has 1 heterocycles. The summed E-state index contributed by atoms with van der Waals surface area (Å²) in [5, 5.41) is 3.09. The van der Waals surface area contributed by atoms with Gasteiger partial charge < -0.3 is 14.8 Å². The van der Waals surface area contributed by atoms with Crippen LogP contribution in [0.4, 0.5) is 5.69 Å². The smallest absolute Gasteiger partial charge is 0.245 e. The largest absolute Gasteiger partial charge is 0.384 e. The van der Waals surface area contributed by atoms with E-state index < -0.39 is 10.0 Å². The number of rotatable bonds is 6. The van der Waals surface area contributed by atoms with Gasteiger partial charge >= 0.3 is 0 Å². The monoisotopic (exact) mass is 314 g/mol. The molecule has 0 bridgehead atoms. The van der Waals surface area contributed by atoms with Crippen LogP contribution in [-0.4, -0.2) is 58.8 Å². The summed E-state index contributed by atoms with van der Waals surface area (Å²) in [6.45, 7) is 3.20. The number of anilines is 1. The first-order chi connectivity index (χ1) is 10.0. The predicted molar refractivity (Wildman–Crippen MR) is 81.0 cm³/mol. The van der Waals surface area contributed by atoms with Gasteiger partial charge in [0.25, 0.3) is 0 Å². The third-order valence-corrected chi connectivity index (χ3v) is 5.55. The second-order valence-electron chi connectivity index (χ2n) is 4.90. The average Bonchev–Trinajstić information content (AvgIpc) is 2.92. The van der Waals surface area contributed by atoms with Crippen molar-refractivity contribution >= 4 is 15.7 Å². The van der Waals surface area contributed by atoms with Gasteiger partial charge in [0.2, 0.25) is 10.0 Å². The molecule has 118 valence electrons. The Morgan fingerprint density at radius 3 is 2.29 bits per heavy atom. The Labute approximate surface area is 126 Å². The number of hydrogen-bond acceptors (Lipinski definition) is 5. The standard InChI is InChI=1S/C14H22N2O4S/c1-4-15-11-7-5-6-8-14(11)21(17,18)16-9-12(19-2)13(10-16)20-3/h5-8,12-13,15H,4,9-10H2,1-3H3. The fourth-order valence-electron chi connectivity index (χ4n) is 2.53. The summed E-state index contributed by atoms with van der Waals surface area (Å²) in [5.74, 6) is 0. The first kappa shape index (κ1) is 16.2. The molecule has 0 aliphatic carbocycles. The van der Waals surface area contributed by atoms with Crippen LogP contribution in [0.2, 0.25) is 0 Å². The zero-order chi connectivity index (χ0) is 15.5. The van der Waals surface area contributed by atoms with Crippen molar-refractivity contribution in [1.29, 1.82) is 0 Å². The molecule has 1 fully saturated rings. The lowest BCUT2D eigenvalue weighted by Gasteiger charge is -2.18. The van der Waals surface area contributed by atoms with Crippen LogP contribution in [0, 0.1) is 0 Å². The Bertz CT molecular complexity index is 564. The van der Waals surface area contributed by atoms with E-state index in [2.05, 4.69) is 5.32 Å². The van der Waals surface area contributed by atoms with Gasteiger partial charge in [-0.3, -0.25) is 0 Å². The van der Waals surface area contributed by atoms with E-state index in [0.717, 1.165) is 0 Å². The summed E-state index contributed by atoms with van der Waals surface area (Å²) in [6, 6.07) is 6.94. The van der Waals surface area contributed by atoms with Crippen molar-refractivity contribution in [2.45, 2.75) is 24.0 Å². The lowest BCUT2D eigenvalue weighted by atomic mass is 10.3. The average molecular weight is 314 g/mol. The highest BCUT2D eigenvalue weighted by Crippen LogP contribution is 2.28. The van der Waals surface area contributed by atoms with E-state index in [-0.39, 0.29) is 12.2 Å². The summed E-state index contributed by atoms with van der Waals surface area (Å²) in [7, 11) is -0.429. The lowest BCUT2D eigenvalue weighted by Crippen LogP contribution is -2.30. The van der Waals surface area contributed by atoms with Gasteiger partial charge in [0, 0.05) is 33.9 Å². The second kappa shape index (κ2) is 6.74. The highest BCUT2D eigenvalue weighted by molar-refractivity contribution is 7.89. The molecule has 0 spiro atoms. The zero-order valence-corrected chi connectivity index (χ0v) is 13.4. The van der Waals surface area contributed by atoms with Crippen LogP contribution in [0.15, 0.2) is 29.2 Å². The van der Waals surface area contributed by atoms with Gasteiger partial charge in [-0.1, -0.05) is 12.1 Å². The molecule has 1 aliphatic rings. The summed E-state index contributed by atoms with van der Waals surface area (Å²) < 4.78 is 37.7. The highest BCUT2D eigenvalue weighted by atomic mass is 32.2. The van der Waals surface area contributed by atoms with Gasteiger partial charge in [0.15, 0.2) is 0 Å². The molecule has 1 saturated heterocycles. The van der Waals surface area contributed by atoms with E-state index in [1.807, 2.05) is 13.0 Å². The Balaban J connectivity index is 2.31. The predicted octanol–water partition coefficient (Wildman–Crippen LogP) is 1.15. The number of nitrogens with one attached hydrogen (secondary N) is 1. The summed E-state index contributed by atoms with van der Waals surface area (Å²) >= 11 is 0.